The molecule has 1 aromatic rings. The van der Waals surface area contributed by atoms with Crippen LogP contribution in [0.5, 0.6) is 11.5 Å². The number of carboxylic acid groups (broad SMARTS) is 1. The summed E-state index contributed by atoms with van der Waals surface area (Å²) < 4.78 is 11.1. The summed E-state index contributed by atoms with van der Waals surface area (Å²) in [4.78, 5) is 10.8. The molecular weight excluding hydrogens is 246 g/mol. The third kappa shape index (κ3) is 2.98. The van der Waals surface area contributed by atoms with Gasteiger partial charge in [-0.2, -0.15) is 0 Å². The van der Waals surface area contributed by atoms with Gasteiger partial charge in [0.2, 0.25) is 0 Å². The molecule has 0 radical (unpaired) electrons. The number of rotatable bonds is 5. The second-order valence-electron chi connectivity index (χ2n) is 4.85. The zero-order chi connectivity index (χ0) is 14.0. The molecule has 0 bridgehead atoms. The molecule has 1 aliphatic rings. The minimum Gasteiger partial charge on any atom is -0.497 e. The summed E-state index contributed by atoms with van der Waals surface area (Å²) in [6.07, 6.45) is 1.01. The average Bonchev–Trinajstić information content (AvgIpc) is 2.75. The second kappa shape index (κ2) is 5.48. The number of aliphatic carboxylic acids is 1. The first-order valence-corrected chi connectivity index (χ1v) is 6.34. The Kier molecular flexibility index (Phi) is 3.95. The van der Waals surface area contributed by atoms with Crippen molar-refractivity contribution in [1.29, 1.82) is 0 Å². The van der Waals surface area contributed by atoms with E-state index in [0.29, 0.717) is 6.54 Å². The van der Waals surface area contributed by atoms with E-state index >= 15 is 0 Å². The van der Waals surface area contributed by atoms with E-state index < -0.39 is 12.0 Å². The van der Waals surface area contributed by atoms with E-state index in [1.54, 1.807) is 14.0 Å². The number of ether oxygens (including phenoxy) is 2. The molecule has 104 valence electrons. The Morgan fingerprint density at radius 2 is 2.37 bits per heavy atom. The molecule has 2 atom stereocenters. The van der Waals surface area contributed by atoms with Gasteiger partial charge < -0.3 is 19.9 Å². The van der Waals surface area contributed by atoms with Crippen LogP contribution in [0.4, 0.5) is 0 Å². The molecule has 2 N–H and O–H groups in total. The molecule has 1 aromatic carbocycles. The van der Waals surface area contributed by atoms with E-state index in [1.807, 2.05) is 19.1 Å². The highest BCUT2D eigenvalue weighted by atomic mass is 16.5. The van der Waals surface area contributed by atoms with Crippen LogP contribution < -0.4 is 14.8 Å². The molecule has 0 aliphatic carbocycles. The van der Waals surface area contributed by atoms with Crippen molar-refractivity contribution in [3.8, 4) is 11.5 Å². The lowest BCUT2D eigenvalue weighted by Crippen LogP contribution is -2.33. The summed E-state index contributed by atoms with van der Waals surface area (Å²) >= 11 is 0. The summed E-state index contributed by atoms with van der Waals surface area (Å²) in [5, 5.41) is 11.8. The molecule has 0 aromatic heterocycles. The minimum atomic E-state index is -0.867. The Balaban J connectivity index is 2.20. The number of carbonyl (C=O) groups is 1. The van der Waals surface area contributed by atoms with Crippen LogP contribution in [-0.2, 0) is 17.8 Å². The van der Waals surface area contributed by atoms with Crippen molar-refractivity contribution in [3.05, 3.63) is 23.3 Å². The lowest BCUT2D eigenvalue weighted by atomic mass is 10.1. The van der Waals surface area contributed by atoms with Gasteiger partial charge in [-0.15, -0.1) is 0 Å². The monoisotopic (exact) mass is 265 g/mol. The van der Waals surface area contributed by atoms with E-state index in [9.17, 15) is 4.79 Å². The maximum Gasteiger partial charge on any atom is 0.320 e. The van der Waals surface area contributed by atoms with Gasteiger partial charge in [0.25, 0.3) is 0 Å². The molecule has 2 unspecified atom stereocenters. The molecule has 0 spiro atoms. The minimum absolute atomic E-state index is 0.151. The van der Waals surface area contributed by atoms with E-state index in [4.69, 9.17) is 14.6 Å². The third-order valence-electron chi connectivity index (χ3n) is 3.25. The molecule has 0 saturated carbocycles. The zero-order valence-corrected chi connectivity index (χ0v) is 11.4. The molecular formula is C14H19NO4. The van der Waals surface area contributed by atoms with Gasteiger partial charge in [-0.05, 0) is 26.0 Å². The molecule has 1 aliphatic heterocycles. The second-order valence-corrected chi connectivity index (χ2v) is 4.85. The van der Waals surface area contributed by atoms with Gasteiger partial charge in [-0.25, -0.2) is 0 Å². The van der Waals surface area contributed by atoms with Crippen molar-refractivity contribution in [3.63, 3.8) is 0 Å². The van der Waals surface area contributed by atoms with Gasteiger partial charge in [-0.1, -0.05) is 0 Å². The zero-order valence-electron chi connectivity index (χ0n) is 11.4. The fraction of sp³-hybridized carbons (Fsp3) is 0.500. The largest absolute Gasteiger partial charge is 0.497 e. The summed E-state index contributed by atoms with van der Waals surface area (Å²) in [5.74, 6) is 0.767. The molecule has 0 amide bonds. The van der Waals surface area contributed by atoms with Crippen LogP contribution in [0.3, 0.4) is 0 Å². The van der Waals surface area contributed by atoms with E-state index in [0.717, 1.165) is 29.0 Å². The lowest BCUT2D eigenvalue weighted by molar-refractivity contribution is -0.139. The van der Waals surface area contributed by atoms with Crippen molar-refractivity contribution in [2.45, 2.75) is 39.0 Å². The van der Waals surface area contributed by atoms with Crippen LogP contribution >= 0.6 is 0 Å². The average molecular weight is 265 g/mol. The first kappa shape index (κ1) is 13.7. The van der Waals surface area contributed by atoms with Crippen molar-refractivity contribution >= 4 is 5.97 Å². The highest BCUT2D eigenvalue weighted by Gasteiger charge is 2.23. The standard InChI is InChI=1S/C14H19NO4/c1-8-4-10-5-12(18-3)6-11(13(10)19-8)7-15-9(2)14(16)17/h5-6,8-9,15H,4,7H2,1-3H3,(H,16,17). The highest BCUT2D eigenvalue weighted by Crippen LogP contribution is 2.36. The molecule has 0 saturated heterocycles. The summed E-state index contributed by atoms with van der Waals surface area (Å²) in [7, 11) is 1.62. The lowest BCUT2D eigenvalue weighted by Gasteiger charge is -2.14. The van der Waals surface area contributed by atoms with Crippen LogP contribution in [0.25, 0.3) is 0 Å². The fourth-order valence-corrected chi connectivity index (χ4v) is 2.18. The number of fused-ring (bicyclic) bond motifs is 1. The topological polar surface area (TPSA) is 67.8 Å². The van der Waals surface area contributed by atoms with Crippen LogP contribution in [0.1, 0.15) is 25.0 Å². The van der Waals surface area contributed by atoms with Gasteiger partial charge in [0.05, 0.1) is 7.11 Å². The van der Waals surface area contributed by atoms with Gasteiger partial charge in [0.15, 0.2) is 0 Å². The van der Waals surface area contributed by atoms with Crippen molar-refractivity contribution < 1.29 is 19.4 Å². The Morgan fingerprint density at radius 1 is 1.63 bits per heavy atom. The predicted molar refractivity (Wildman–Crippen MR) is 70.7 cm³/mol. The third-order valence-corrected chi connectivity index (χ3v) is 3.25. The van der Waals surface area contributed by atoms with Crippen molar-refractivity contribution in [2.24, 2.45) is 0 Å². The number of hydrogen-bond donors (Lipinski definition) is 2. The van der Waals surface area contributed by atoms with E-state index in [2.05, 4.69) is 5.32 Å². The molecule has 5 nitrogen and oxygen atoms in total. The summed E-state index contributed by atoms with van der Waals surface area (Å²) in [5.41, 5.74) is 2.05. The van der Waals surface area contributed by atoms with Gasteiger partial charge in [0.1, 0.15) is 23.6 Å². The first-order chi connectivity index (χ1) is 9.01. The number of nitrogens with one attached hydrogen (secondary N) is 1. The Bertz CT molecular complexity index is 487. The van der Waals surface area contributed by atoms with Gasteiger partial charge in [0, 0.05) is 24.1 Å². The molecule has 0 fully saturated rings. The number of benzene rings is 1. The number of hydrogen-bond acceptors (Lipinski definition) is 4. The van der Waals surface area contributed by atoms with Crippen LogP contribution in [0, 0.1) is 0 Å². The van der Waals surface area contributed by atoms with Gasteiger partial charge >= 0.3 is 5.97 Å². The molecule has 19 heavy (non-hydrogen) atoms. The Labute approximate surface area is 112 Å². The normalized spacial score (nSPS) is 18.6. The fourth-order valence-electron chi connectivity index (χ4n) is 2.18. The van der Waals surface area contributed by atoms with Crippen LogP contribution in [0.2, 0.25) is 0 Å². The maximum atomic E-state index is 10.8. The Morgan fingerprint density at radius 3 is 3.00 bits per heavy atom. The van der Waals surface area contributed by atoms with Crippen LogP contribution in [-0.4, -0.2) is 30.3 Å². The summed E-state index contributed by atoms with van der Waals surface area (Å²) in [6, 6.07) is 3.27. The smallest absolute Gasteiger partial charge is 0.320 e. The van der Waals surface area contributed by atoms with Crippen molar-refractivity contribution in [1.82, 2.24) is 5.32 Å². The van der Waals surface area contributed by atoms with Gasteiger partial charge in [-0.3, -0.25) is 4.79 Å². The van der Waals surface area contributed by atoms with E-state index in [-0.39, 0.29) is 6.10 Å². The molecule has 2 rings (SSSR count). The molecule has 5 heteroatoms. The first-order valence-electron chi connectivity index (χ1n) is 6.34. The van der Waals surface area contributed by atoms with E-state index in [1.165, 1.54) is 0 Å². The maximum absolute atomic E-state index is 10.8. The predicted octanol–water partition coefficient (Wildman–Crippen LogP) is 1.58. The van der Waals surface area contributed by atoms with Crippen molar-refractivity contribution in [2.75, 3.05) is 7.11 Å². The quantitative estimate of drug-likeness (QED) is 0.846. The Hall–Kier alpha value is -1.75. The number of carboxylic acids is 1. The SMILES string of the molecule is COc1cc(CNC(C)C(=O)O)c2c(c1)CC(C)O2. The summed E-state index contributed by atoms with van der Waals surface area (Å²) in [6.45, 7) is 4.08. The van der Waals surface area contributed by atoms with Crippen LogP contribution in [0.15, 0.2) is 12.1 Å². The highest BCUT2D eigenvalue weighted by molar-refractivity contribution is 5.72. The molecule has 1 heterocycles. The number of methoxy groups -OCH3 is 1.